The first-order valence-electron chi connectivity index (χ1n) is 8.80. The lowest BCUT2D eigenvalue weighted by atomic mass is 9.87. The van der Waals surface area contributed by atoms with E-state index in [0.29, 0.717) is 23.2 Å². The summed E-state index contributed by atoms with van der Waals surface area (Å²) < 4.78 is 5.77. The Morgan fingerprint density at radius 3 is 2.41 bits per heavy atom. The van der Waals surface area contributed by atoms with E-state index in [9.17, 15) is 4.79 Å². The minimum Gasteiger partial charge on any atom is -0.486 e. The minimum atomic E-state index is -0.109. The molecule has 0 atom stereocenters. The number of carbonyl (C=O) groups is 1. The van der Waals surface area contributed by atoms with Gasteiger partial charge in [-0.05, 0) is 28.7 Å². The summed E-state index contributed by atoms with van der Waals surface area (Å²) in [4.78, 5) is 12.1. The van der Waals surface area contributed by atoms with Crippen LogP contribution in [0.2, 0.25) is 0 Å². The zero-order valence-corrected chi connectivity index (χ0v) is 16.5. The quantitative estimate of drug-likeness (QED) is 0.678. The van der Waals surface area contributed by atoms with Gasteiger partial charge in [0.05, 0.1) is 6.42 Å². The highest BCUT2D eigenvalue weighted by molar-refractivity contribution is 7.15. The molecule has 0 aliphatic heterocycles. The number of rotatable bonds is 6. The first kappa shape index (κ1) is 19.0. The van der Waals surface area contributed by atoms with Crippen molar-refractivity contribution in [1.82, 2.24) is 10.2 Å². The molecule has 27 heavy (non-hydrogen) atoms. The molecule has 0 saturated carbocycles. The molecule has 1 aromatic heterocycles. The Kier molecular flexibility index (Phi) is 5.86. The number of anilines is 1. The third-order valence-corrected chi connectivity index (χ3v) is 4.82. The summed E-state index contributed by atoms with van der Waals surface area (Å²) in [6.07, 6.45) is 0.312. The van der Waals surface area contributed by atoms with E-state index in [2.05, 4.69) is 48.4 Å². The monoisotopic (exact) mass is 381 g/mol. The van der Waals surface area contributed by atoms with E-state index < -0.39 is 0 Å². The van der Waals surface area contributed by atoms with Gasteiger partial charge in [0, 0.05) is 0 Å². The Hall–Kier alpha value is -2.73. The standard InChI is InChI=1S/C21H23N3O2S/c1-21(2,3)16-9-11-17(12-10-16)26-14-19-23-24-20(27-19)22-18(25)13-15-7-5-4-6-8-15/h4-12H,13-14H2,1-3H3,(H,22,24,25). The Labute approximate surface area is 163 Å². The van der Waals surface area contributed by atoms with Crippen LogP contribution < -0.4 is 10.1 Å². The topological polar surface area (TPSA) is 64.1 Å². The van der Waals surface area contributed by atoms with Gasteiger partial charge in [0.2, 0.25) is 11.0 Å². The molecule has 140 valence electrons. The first-order chi connectivity index (χ1) is 12.9. The molecule has 0 aliphatic rings. The van der Waals surface area contributed by atoms with E-state index in [1.54, 1.807) is 0 Å². The van der Waals surface area contributed by atoms with Crippen LogP contribution in [-0.2, 0) is 23.2 Å². The SMILES string of the molecule is CC(C)(C)c1ccc(OCc2nnc(NC(=O)Cc3ccccc3)s2)cc1. The molecule has 0 unspecified atom stereocenters. The van der Waals surface area contributed by atoms with Crippen molar-refractivity contribution < 1.29 is 9.53 Å². The zero-order chi connectivity index (χ0) is 19.3. The number of ether oxygens (including phenoxy) is 1. The second-order valence-corrected chi connectivity index (χ2v) is 8.34. The molecular formula is C21H23N3O2S. The highest BCUT2D eigenvalue weighted by Gasteiger charge is 2.13. The third kappa shape index (κ3) is 5.62. The van der Waals surface area contributed by atoms with Crippen molar-refractivity contribution in [2.24, 2.45) is 0 Å². The van der Waals surface area contributed by atoms with Gasteiger partial charge in [-0.3, -0.25) is 4.79 Å². The van der Waals surface area contributed by atoms with Crippen molar-refractivity contribution in [2.45, 2.75) is 39.2 Å². The van der Waals surface area contributed by atoms with Crippen LogP contribution in [0.3, 0.4) is 0 Å². The molecule has 0 saturated heterocycles. The summed E-state index contributed by atoms with van der Waals surface area (Å²) in [7, 11) is 0. The van der Waals surface area contributed by atoms with Crippen molar-refractivity contribution in [3.63, 3.8) is 0 Å². The Morgan fingerprint density at radius 2 is 1.74 bits per heavy atom. The maximum atomic E-state index is 12.1. The molecule has 1 heterocycles. The first-order valence-corrected chi connectivity index (χ1v) is 9.61. The van der Waals surface area contributed by atoms with Gasteiger partial charge in [-0.15, -0.1) is 10.2 Å². The van der Waals surface area contributed by atoms with Crippen LogP contribution in [0.15, 0.2) is 54.6 Å². The Morgan fingerprint density at radius 1 is 1.04 bits per heavy atom. The summed E-state index contributed by atoms with van der Waals surface area (Å²) >= 11 is 1.32. The van der Waals surface area contributed by atoms with Crippen LogP contribution in [0.5, 0.6) is 5.75 Å². The zero-order valence-electron chi connectivity index (χ0n) is 15.7. The van der Waals surface area contributed by atoms with Gasteiger partial charge < -0.3 is 10.1 Å². The predicted molar refractivity (Wildman–Crippen MR) is 108 cm³/mol. The van der Waals surface area contributed by atoms with Crippen LogP contribution >= 0.6 is 11.3 Å². The molecule has 0 radical (unpaired) electrons. The molecule has 0 bridgehead atoms. The average Bonchev–Trinajstić information content (AvgIpc) is 3.07. The van der Waals surface area contributed by atoms with Crippen molar-refractivity contribution in [1.29, 1.82) is 0 Å². The molecule has 3 rings (SSSR count). The second-order valence-electron chi connectivity index (χ2n) is 7.27. The lowest BCUT2D eigenvalue weighted by Crippen LogP contribution is -2.14. The van der Waals surface area contributed by atoms with Crippen molar-refractivity contribution in [3.05, 3.63) is 70.7 Å². The van der Waals surface area contributed by atoms with Crippen LogP contribution in [0, 0.1) is 0 Å². The van der Waals surface area contributed by atoms with Gasteiger partial charge in [0.25, 0.3) is 0 Å². The van der Waals surface area contributed by atoms with Crippen molar-refractivity contribution in [2.75, 3.05) is 5.32 Å². The predicted octanol–water partition coefficient (Wildman–Crippen LogP) is 4.60. The Balaban J connectivity index is 1.51. The van der Waals surface area contributed by atoms with E-state index in [4.69, 9.17) is 4.74 Å². The van der Waals surface area contributed by atoms with Gasteiger partial charge in [-0.25, -0.2) is 0 Å². The molecule has 6 heteroatoms. The Bertz CT molecular complexity index is 884. The fourth-order valence-corrected chi connectivity index (χ4v) is 3.17. The maximum absolute atomic E-state index is 12.1. The number of amides is 1. The number of benzene rings is 2. The number of hydrogen-bond donors (Lipinski definition) is 1. The molecular weight excluding hydrogens is 358 g/mol. The lowest BCUT2D eigenvalue weighted by Gasteiger charge is -2.19. The molecule has 0 aliphatic carbocycles. The van der Waals surface area contributed by atoms with Crippen LogP contribution in [-0.4, -0.2) is 16.1 Å². The molecule has 5 nitrogen and oxygen atoms in total. The molecule has 0 spiro atoms. The lowest BCUT2D eigenvalue weighted by molar-refractivity contribution is -0.115. The number of aromatic nitrogens is 2. The third-order valence-electron chi connectivity index (χ3n) is 4.00. The van der Waals surface area contributed by atoms with Crippen LogP contribution in [0.25, 0.3) is 0 Å². The molecule has 2 aromatic carbocycles. The number of carbonyl (C=O) groups excluding carboxylic acids is 1. The van der Waals surface area contributed by atoms with Crippen LogP contribution in [0.1, 0.15) is 36.9 Å². The van der Waals surface area contributed by atoms with E-state index in [1.807, 2.05) is 42.5 Å². The van der Waals surface area contributed by atoms with Gasteiger partial charge in [0.1, 0.15) is 12.4 Å². The highest BCUT2D eigenvalue weighted by Crippen LogP contribution is 2.25. The van der Waals surface area contributed by atoms with Crippen molar-refractivity contribution in [3.8, 4) is 5.75 Å². The minimum absolute atomic E-state index is 0.109. The van der Waals surface area contributed by atoms with Gasteiger partial charge in [-0.2, -0.15) is 0 Å². The summed E-state index contributed by atoms with van der Waals surface area (Å²) in [6, 6.07) is 17.7. The number of hydrogen-bond acceptors (Lipinski definition) is 5. The van der Waals surface area contributed by atoms with Crippen molar-refractivity contribution >= 4 is 22.4 Å². The van der Waals surface area contributed by atoms with E-state index in [1.165, 1.54) is 16.9 Å². The number of nitrogens with zero attached hydrogens (tertiary/aromatic N) is 2. The van der Waals surface area contributed by atoms with Gasteiger partial charge in [-0.1, -0.05) is 74.6 Å². The summed E-state index contributed by atoms with van der Waals surface area (Å²) in [5.74, 6) is 0.676. The normalized spacial score (nSPS) is 11.2. The maximum Gasteiger partial charge on any atom is 0.230 e. The van der Waals surface area contributed by atoms with Gasteiger partial charge in [0.15, 0.2) is 5.01 Å². The summed E-state index contributed by atoms with van der Waals surface area (Å²) in [6.45, 7) is 6.86. The van der Waals surface area contributed by atoms with Gasteiger partial charge >= 0.3 is 0 Å². The molecule has 3 aromatic rings. The molecule has 0 fully saturated rings. The highest BCUT2D eigenvalue weighted by atomic mass is 32.1. The smallest absolute Gasteiger partial charge is 0.230 e. The summed E-state index contributed by atoms with van der Waals surface area (Å²) in [5, 5.41) is 12.1. The largest absolute Gasteiger partial charge is 0.486 e. The summed E-state index contributed by atoms with van der Waals surface area (Å²) in [5.41, 5.74) is 2.33. The van der Waals surface area contributed by atoms with E-state index in [0.717, 1.165) is 11.3 Å². The fraction of sp³-hybridized carbons (Fsp3) is 0.286. The van der Waals surface area contributed by atoms with E-state index >= 15 is 0 Å². The second kappa shape index (κ2) is 8.31. The van der Waals surface area contributed by atoms with E-state index in [-0.39, 0.29) is 11.3 Å². The van der Waals surface area contributed by atoms with Crippen LogP contribution in [0.4, 0.5) is 5.13 Å². The fourth-order valence-electron chi connectivity index (χ4n) is 2.50. The molecule has 1 amide bonds. The number of nitrogens with one attached hydrogen (secondary N) is 1. The molecule has 1 N–H and O–H groups in total. The average molecular weight is 382 g/mol.